The zero-order chi connectivity index (χ0) is 19.8. The van der Waals surface area contributed by atoms with Crippen molar-refractivity contribution in [2.45, 2.75) is 142 Å². The van der Waals surface area contributed by atoms with E-state index in [2.05, 4.69) is 44.3 Å². The van der Waals surface area contributed by atoms with Gasteiger partial charge in [0.05, 0.1) is 0 Å². The van der Waals surface area contributed by atoms with Crippen LogP contribution in [0.3, 0.4) is 0 Å². The summed E-state index contributed by atoms with van der Waals surface area (Å²) >= 11 is 4.41. The molecule has 0 aliphatic heterocycles. The third-order valence-corrected chi connectivity index (χ3v) is 8.18. The maximum Gasteiger partial charge on any atom is 0.0109 e. The molecule has 0 radical (unpaired) electrons. The second-order valence-corrected chi connectivity index (χ2v) is 11.1. The first-order valence-corrected chi connectivity index (χ1v) is 14.7. The molecule has 0 amide bonds. The number of thioether (sulfide) groups is 2. The van der Waals surface area contributed by atoms with Gasteiger partial charge in [0, 0.05) is 11.0 Å². The van der Waals surface area contributed by atoms with Gasteiger partial charge in [0.1, 0.15) is 0 Å². The molecule has 2 heteroatoms. The van der Waals surface area contributed by atoms with Crippen molar-refractivity contribution in [3.8, 4) is 0 Å². The van der Waals surface area contributed by atoms with Crippen molar-refractivity contribution in [2.75, 3.05) is 17.3 Å². The van der Waals surface area contributed by atoms with Crippen LogP contribution < -0.4 is 0 Å². The largest absolute Gasteiger partial charge is 0.161 e. The lowest BCUT2D eigenvalue weighted by Crippen LogP contribution is -2.02. The van der Waals surface area contributed by atoms with Gasteiger partial charge in [-0.25, -0.2) is 0 Å². The molecular formula is C25H52S2. The lowest BCUT2D eigenvalue weighted by atomic mass is 10.1. The highest BCUT2D eigenvalue weighted by atomic mass is 32.2. The molecule has 1 atom stereocenters. The summed E-state index contributed by atoms with van der Waals surface area (Å²) in [5.74, 6) is 4.13. The summed E-state index contributed by atoms with van der Waals surface area (Å²) in [5.41, 5.74) is 0. The molecule has 0 saturated heterocycles. The van der Waals surface area contributed by atoms with Crippen LogP contribution in [0, 0.1) is 0 Å². The first-order valence-electron chi connectivity index (χ1n) is 12.5. The zero-order valence-electron chi connectivity index (χ0n) is 19.2. The molecular weight excluding hydrogens is 364 g/mol. The number of unbranched alkanes of at least 4 members (excludes halogenated alkanes) is 16. The summed E-state index contributed by atoms with van der Waals surface area (Å²) in [5, 5.41) is 0.850. The molecule has 0 aromatic carbocycles. The Balaban J connectivity index is 3.12. The molecule has 0 fully saturated rings. The van der Waals surface area contributed by atoms with E-state index in [0.717, 1.165) is 5.25 Å². The lowest BCUT2D eigenvalue weighted by molar-refractivity contribution is 0.573. The fraction of sp³-hybridized carbons (Fsp3) is 1.00. The van der Waals surface area contributed by atoms with Gasteiger partial charge in [0.2, 0.25) is 0 Å². The number of hydrogen-bond acceptors (Lipinski definition) is 2. The highest BCUT2D eigenvalue weighted by Gasteiger charge is 2.03. The molecule has 0 nitrogen and oxygen atoms in total. The summed E-state index contributed by atoms with van der Waals surface area (Å²) in [6.07, 6.45) is 26.1. The third-order valence-electron chi connectivity index (χ3n) is 5.40. The van der Waals surface area contributed by atoms with Crippen LogP contribution in [-0.2, 0) is 0 Å². The third kappa shape index (κ3) is 24.7. The maximum atomic E-state index is 2.43. The smallest absolute Gasteiger partial charge is 0.0109 e. The molecule has 0 saturated carbocycles. The minimum Gasteiger partial charge on any atom is -0.161 e. The maximum absolute atomic E-state index is 2.43. The fourth-order valence-corrected chi connectivity index (χ4v) is 5.86. The molecule has 1 unspecified atom stereocenters. The summed E-state index contributed by atoms with van der Waals surface area (Å²) in [4.78, 5) is 0. The summed E-state index contributed by atoms with van der Waals surface area (Å²) in [7, 11) is 0. The summed E-state index contributed by atoms with van der Waals surface area (Å²) in [6.45, 7) is 7.03. The monoisotopic (exact) mass is 416 g/mol. The van der Waals surface area contributed by atoms with Gasteiger partial charge in [-0.05, 0) is 24.3 Å². The van der Waals surface area contributed by atoms with E-state index in [0.29, 0.717) is 0 Å². The van der Waals surface area contributed by atoms with E-state index in [1.54, 1.807) is 0 Å². The molecule has 0 aromatic heterocycles. The lowest BCUT2D eigenvalue weighted by Gasteiger charge is -2.11. The van der Waals surface area contributed by atoms with Crippen LogP contribution in [-0.4, -0.2) is 22.5 Å². The van der Waals surface area contributed by atoms with Crippen molar-refractivity contribution < 1.29 is 0 Å². The molecule has 0 bridgehead atoms. The predicted molar refractivity (Wildman–Crippen MR) is 134 cm³/mol. The SMILES string of the molecule is CCCCCCCCCCCSCC(C)SCCCCCCCCCCC. The van der Waals surface area contributed by atoms with Gasteiger partial charge in [-0.1, -0.05) is 124 Å². The van der Waals surface area contributed by atoms with Crippen LogP contribution >= 0.6 is 23.5 Å². The van der Waals surface area contributed by atoms with Gasteiger partial charge in [-0.3, -0.25) is 0 Å². The van der Waals surface area contributed by atoms with Crippen molar-refractivity contribution in [3.05, 3.63) is 0 Å². The number of rotatable bonds is 23. The Bertz CT molecular complexity index is 255. The van der Waals surface area contributed by atoms with Gasteiger partial charge >= 0.3 is 0 Å². The molecule has 27 heavy (non-hydrogen) atoms. The fourth-order valence-electron chi connectivity index (χ4n) is 3.51. The molecule has 164 valence electrons. The van der Waals surface area contributed by atoms with Gasteiger partial charge in [0.15, 0.2) is 0 Å². The van der Waals surface area contributed by atoms with Crippen molar-refractivity contribution in [1.82, 2.24) is 0 Å². The molecule has 0 heterocycles. The van der Waals surface area contributed by atoms with Crippen LogP contribution in [0.25, 0.3) is 0 Å². The van der Waals surface area contributed by atoms with Crippen molar-refractivity contribution in [2.24, 2.45) is 0 Å². The highest BCUT2D eigenvalue weighted by Crippen LogP contribution is 2.20. The Kier molecular flexibility index (Phi) is 25.4. The molecule has 0 aliphatic carbocycles. The van der Waals surface area contributed by atoms with Crippen LogP contribution in [0.15, 0.2) is 0 Å². The topological polar surface area (TPSA) is 0 Å². The van der Waals surface area contributed by atoms with E-state index in [-0.39, 0.29) is 0 Å². The molecule has 0 aromatic rings. The normalized spacial score (nSPS) is 12.6. The Hall–Kier alpha value is 0.700. The van der Waals surface area contributed by atoms with E-state index in [1.165, 1.54) is 133 Å². The van der Waals surface area contributed by atoms with Crippen molar-refractivity contribution in [3.63, 3.8) is 0 Å². The van der Waals surface area contributed by atoms with E-state index in [9.17, 15) is 0 Å². The highest BCUT2D eigenvalue weighted by molar-refractivity contribution is 8.03. The Morgan fingerprint density at radius 1 is 0.481 bits per heavy atom. The van der Waals surface area contributed by atoms with Crippen molar-refractivity contribution >= 4 is 23.5 Å². The Morgan fingerprint density at radius 3 is 1.30 bits per heavy atom. The Labute approximate surface area is 182 Å². The molecule has 0 rings (SSSR count). The quantitative estimate of drug-likeness (QED) is 0.152. The van der Waals surface area contributed by atoms with Crippen LogP contribution in [0.2, 0.25) is 0 Å². The van der Waals surface area contributed by atoms with E-state index in [4.69, 9.17) is 0 Å². The van der Waals surface area contributed by atoms with E-state index < -0.39 is 0 Å². The first kappa shape index (κ1) is 27.7. The van der Waals surface area contributed by atoms with Crippen LogP contribution in [0.1, 0.15) is 136 Å². The zero-order valence-corrected chi connectivity index (χ0v) is 20.9. The Morgan fingerprint density at radius 2 is 0.852 bits per heavy atom. The van der Waals surface area contributed by atoms with Gasteiger partial charge < -0.3 is 0 Å². The van der Waals surface area contributed by atoms with Crippen LogP contribution in [0.5, 0.6) is 0 Å². The first-order chi connectivity index (χ1) is 13.3. The van der Waals surface area contributed by atoms with Crippen LogP contribution in [0.4, 0.5) is 0 Å². The van der Waals surface area contributed by atoms with Gasteiger partial charge in [0.25, 0.3) is 0 Å². The van der Waals surface area contributed by atoms with Gasteiger partial charge in [-0.15, -0.1) is 0 Å². The average molecular weight is 417 g/mol. The minimum atomic E-state index is 0.850. The summed E-state index contributed by atoms with van der Waals surface area (Å²) in [6, 6.07) is 0. The molecule has 0 aliphatic rings. The second-order valence-electron chi connectivity index (χ2n) is 8.41. The molecule has 0 N–H and O–H groups in total. The molecule has 0 spiro atoms. The van der Waals surface area contributed by atoms with E-state index in [1.807, 2.05) is 0 Å². The number of hydrogen-bond donors (Lipinski definition) is 0. The standard InChI is InChI=1S/C25H52S2/c1-4-6-8-10-12-14-16-18-20-22-26-24-25(3)27-23-21-19-17-15-13-11-9-7-5-2/h25H,4-24H2,1-3H3. The predicted octanol–water partition coefficient (Wildman–Crippen LogP) is 9.90. The second kappa shape index (κ2) is 24.7. The van der Waals surface area contributed by atoms with Crippen molar-refractivity contribution in [1.29, 1.82) is 0 Å². The average Bonchev–Trinajstić information content (AvgIpc) is 2.67. The van der Waals surface area contributed by atoms with E-state index >= 15 is 0 Å². The summed E-state index contributed by atoms with van der Waals surface area (Å²) < 4.78 is 0. The van der Waals surface area contributed by atoms with Gasteiger partial charge in [-0.2, -0.15) is 23.5 Å². The minimum absolute atomic E-state index is 0.850.